The number of fused-ring (bicyclic) bond motifs is 1. The Balaban J connectivity index is 1.70. The molecule has 1 saturated carbocycles. The molecule has 0 unspecified atom stereocenters. The number of ether oxygens (including phenoxy) is 1. The van der Waals surface area contributed by atoms with Crippen molar-refractivity contribution in [2.24, 2.45) is 5.41 Å². The molecule has 1 aliphatic carbocycles. The van der Waals surface area contributed by atoms with Crippen LogP contribution in [0.3, 0.4) is 0 Å². The molecule has 1 fully saturated rings. The highest BCUT2D eigenvalue weighted by Gasteiger charge is 2.53. The predicted molar refractivity (Wildman–Crippen MR) is 81.7 cm³/mol. The van der Waals surface area contributed by atoms with E-state index in [2.05, 4.69) is 5.43 Å². The van der Waals surface area contributed by atoms with Crippen molar-refractivity contribution in [2.45, 2.75) is 19.4 Å². The van der Waals surface area contributed by atoms with Gasteiger partial charge in [-0.1, -0.05) is 30.3 Å². The Morgan fingerprint density at radius 2 is 1.91 bits per heavy atom. The minimum absolute atomic E-state index is 0.0204. The van der Waals surface area contributed by atoms with E-state index >= 15 is 0 Å². The van der Waals surface area contributed by atoms with Crippen LogP contribution in [0.25, 0.3) is 0 Å². The summed E-state index contributed by atoms with van der Waals surface area (Å²) in [4.78, 5) is 24.9. The average molecular weight is 296 g/mol. The van der Waals surface area contributed by atoms with E-state index in [0.29, 0.717) is 12.2 Å². The lowest BCUT2D eigenvalue weighted by molar-refractivity contribution is 0.0876. The van der Waals surface area contributed by atoms with E-state index in [1.165, 1.54) is 6.07 Å². The van der Waals surface area contributed by atoms with Crippen molar-refractivity contribution in [3.8, 4) is 5.75 Å². The van der Waals surface area contributed by atoms with Crippen LogP contribution in [0.5, 0.6) is 5.75 Å². The van der Waals surface area contributed by atoms with Crippen molar-refractivity contribution < 1.29 is 9.53 Å². The number of nitrogens with one attached hydrogen (secondary N) is 1. The van der Waals surface area contributed by atoms with Gasteiger partial charge in [-0.05, 0) is 18.4 Å². The fourth-order valence-electron chi connectivity index (χ4n) is 2.85. The van der Waals surface area contributed by atoms with Gasteiger partial charge in [-0.15, -0.1) is 0 Å². The molecule has 1 aromatic heterocycles. The predicted octanol–water partition coefficient (Wildman–Crippen LogP) is 1.95. The van der Waals surface area contributed by atoms with E-state index in [-0.39, 0.29) is 29.0 Å². The Bertz CT molecular complexity index is 791. The number of pyridine rings is 1. The molecule has 1 aromatic carbocycles. The molecule has 1 spiro atoms. The van der Waals surface area contributed by atoms with Crippen LogP contribution in [0.1, 0.15) is 28.9 Å². The first-order valence-corrected chi connectivity index (χ1v) is 7.41. The first-order valence-electron chi connectivity index (χ1n) is 7.41. The number of carbonyl (C=O) groups is 1. The SMILES string of the molecule is O=C1c2c(OCc3ccccc3)c(=O)ccn2NCC12CC2. The fraction of sp³-hybridized carbons (Fsp3) is 0.294. The summed E-state index contributed by atoms with van der Waals surface area (Å²) in [6.07, 6.45) is 3.35. The first kappa shape index (κ1) is 13.1. The molecule has 4 rings (SSSR count). The lowest BCUT2D eigenvalue weighted by atomic mass is 9.96. The number of hydrogen-bond acceptors (Lipinski definition) is 4. The largest absolute Gasteiger partial charge is 0.483 e. The molecule has 2 aromatic rings. The third kappa shape index (κ3) is 2.01. The van der Waals surface area contributed by atoms with Crippen molar-refractivity contribution >= 4 is 5.78 Å². The third-order valence-corrected chi connectivity index (χ3v) is 4.42. The average Bonchev–Trinajstić information content (AvgIpc) is 3.32. The van der Waals surface area contributed by atoms with Crippen molar-refractivity contribution in [3.63, 3.8) is 0 Å². The molecule has 112 valence electrons. The lowest BCUT2D eigenvalue weighted by Gasteiger charge is -2.27. The summed E-state index contributed by atoms with van der Waals surface area (Å²) in [5.74, 6) is 0.168. The van der Waals surface area contributed by atoms with Gasteiger partial charge in [0.2, 0.25) is 5.43 Å². The van der Waals surface area contributed by atoms with Crippen molar-refractivity contribution in [2.75, 3.05) is 12.0 Å². The quantitative estimate of drug-likeness (QED) is 0.940. The fourth-order valence-corrected chi connectivity index (χ4v) is 2.85. The topological polar surface area (TPSA) is 60.3 Å². The summed E-state index contributed by atoms with van der Waals surface area (Å²) in [6.45, 7) is 0.896. The van der Waals surface area contributed by atoms with Crippen LogP contribution >= 0.6 is 0 Å². The number of rotatable bonds is 3. The van der Waals surface area contributed by atoms with Gasteiger partial charge in [0.05, 0.1) is 5.41 Å². The maximum atomic E-state index is 12.7. The van der Waals surface area contributed by atoms with Gasteiger partial charge < -0.3 is 10.2 Å². The van der Waals surface area contributed by atoms with Crippen LogP contribution in [0, 0.1) is 5.41 Å². The second kappa shape index (κ2) is 4.73. The molecule has 1 N–H and O–H groups in total. The van der Waals surface area contributed by atoms with Crippen LogP contribution in [0.15, 0.2) is 47.4 Å². The molecule has 22 heavy (non-hydrogen) atoms. The molecule has 0 saturated heterocycles. The number of aromatic nitrogens is 1. The van der Waals surface area contributed by atoms with Crippen LogP contribution in [0.4, 0.5) is 0 Å². The molecule has 5 heteroatoms. The van der Waals surface area contributed by atoms with Crippen molar-refractivity contribution in [1.29, 1.82) is 0 Å². The molecule has 2 heterocycles. The maximum Gasteiger partial charge on any atom is 0.224 e. The smallest absolute Gasteiger partial charge is 0.224 e. The summed E-state index contributed by atoms with van der Waals surface area (Å²) >= 11 is 0. The molecule has 0 bridgehead atoms. The minimum Gasteiger partial charge on any atom is -0.483 e. The highest BCUT2D eigenvalue weighted by Crippen LogP contribution is 2.50. The molecule has 5 nitrogen and oxygen atoms in total. The molecular formula is C17H16N2O3. The van der Waals surface area contributed by atoms with Gasteiger partial charge in [-0.2, -0.15) is 0 Å². The summed E-state index contributed by atoms with van der Waals surface area (Å²) in [5.41, 5.74) is 3.93. The molecule has 0 atom stereocenters. The van der Waals surface area contributed by atoms with E-state index in [9.17, 15) is 9.59 Å². The summed E-state index contributed by atoms with van der Waals surface area (Å²) in [6, 6.07) is 11.0. The minimum atomic E-state index is -0.321. The summed E-state index contributed by atoms with van der Waals surface area (Å²) < 4.78 is 7.34. The third-order valence-electron chi connectivity index (χ3n) is 4.42. The zero-order valence-corrected chi connectivity index (χ0v) is 12.0. The first-order chi connectivity index (χ1) is 10.7. The normalized spacial score (nSPS) is 17.7. The second-order valence-corrected chi connectivity index (χ2v) is 5.95. The van der Waals surface area contributed by atoms with Gasteiger partial charge in [-0.3, -0.25) is 14.3 Å². The van der Waals surface area contributed by atoms with E-state index in [1.54, 1.807) is 10.9 Å². The Kier molecular flexibility index (Phi) is 2.82. The van der Waals surface area contributed by atoms with Gasteiger partial charge in [-0.25, -0.2) is 0 Å². The number of benzene rings is 1. The number of carbonyl (C=O) groups excluding carboxylic acids is 1. The number of ketones is 1. The zero-order chi connectivity index (χ0) is 15.2. The maximum absolute atomic E-state index is 12.7. The molecule has 2 aliphatic rings. The standard InChI is InChI=1S/C17H16N2O3/c20-13-6-9-19-14(16(21)17(7-8-17)11-18-19)15(13)22-10-12-4-2-1-3-5-12/h1-6,9,18H,7-8,10-11H2. The van der Waals surface area contributed by atoms with Gasteiger partial charge >= 0.3 is 0 Å². The van der Waals surface area contributed by atoms with E-state index in [1.807, 2.05) is 30.3 Å². The van der Waals surface area contributed by atoms with Gasteiger partial charge in [0, 0.05) is 18.8 Å². The zero-order valence-electron chi connectivity index (χ0n) is 12.0. The molecular weight excluding hydrogens is 280 g/mol. The van der Waals surface area contributed by atoms with Crippen molar-refractivity contribution in [1.82, 2.24) is 4.68 Å². The lowest BCUT2D eigenvalue weighted by Crippen LogP contribution is -2.40. The Labute approximate surface area is 127 Å². The summed E-state index contributed by atoms with van der Waals surface area (Å²) in [5, 5.41) is 0. The number of hydrogen-bond donors (Lipinski definition) is 1. The van der Waals surface area contributed by atoms with E-state index < -0.39 is 0 Å². The second-order valence-electron chi connectivity index (χ2n) is 5.95. The van der Waals surface area contributed by atoms with Crippen LogP contribution in [0.2, 0.25) is 0 Å². The van der Waals surface area contributed by atoms with E-state index in [0.717, 1.165) is 18.4 Å². The number of nitrogens with zero attached hydrogens (tertiary/aromatic N) is 1. The van der Waals surface area contributed by atoms with Crippen molar-refractivity contribution in [3.05, 3.63) is 64.1 Å². The van der Waals surface area contributed by atoms with Crippen LogP contribution in [-0.2, 0) is 6.61 Å². The highest BCUT2D eigenvalue weighted by molar-refractivity contribution is 6.04. The van der Waals surface area contributed by atoms with E-state index in [4.69, 9.17) is 4.74 Å². The molecule has 1 aliphatic heterocycles. The summed E-state index contributed by atoms with van der Waals surface area (Å²) in [7, 11) is 0. The Morgan fingerprint density at radius 3 is 2.64 bits per heavy atom. The van der Waals surface area contributed by atoms with Gasteiger partial charge in [0.1, 0.15) is 6.61 Å². The van der Waals surface area contributed by atoms with Gasteiger partial charge in [0.15, 0.2) is 17.2 Å². The van der Waals surface area contributed by atoms with Crippen LogP contribution in [-0.4, -0.2) is 17.0 Å². The monoisotopic (exact) mass is 296 g/mol. The highest BCUT2D eigenvalue weighted by atomic mass is 16.5. The van der Waals surface area contributed by atoms with Crippen LogP contribution < -0.4 is 15.6 Å². The number of Topliss-reactive ketones (excluding diaryl/α,β-unsaturated/α-hetero) is 1. The Hall–Kier alpha value is -2.56. The molecule has 0 amide bonds. The van der Waals surface area contributed by atoms with Gasteiger partial charge in [0.25, 0.3) is 0 Å². The molecule has 0 radical (unpaired) electrons. The Morgan fingerprint density at radius 1 is 1.14 bits per heavy atom.